The largest absolute Gasteiger partial charge is 0.307 e. The van der Waals surface area contributed by atoms with E-state index in [1.807, 2.05) is 0 Å². The monoisotopic (exact) mass is 714 g/mol. The van der Waals surface area contributed by atoms with Crippen LogP contribution in [0.5, 0.6) is 0 Å². The Labute approximate surface area is 326 Å². The van der Waals surface area contributed by atoms with Crippen molar-refractivity contribution in [3.63, 3.8) is 0 Å². The lowest BCUT2D eigenvalue weighted by Crippen LogP contribution is -2.02. The lowest BCUT2D eigenvalue weighted by molar-refractivity contribution is 0.968. The summed E-state index contributed by atoms with van der Waals surface area (Å²) < 4.78 is 5.05. The van der Waals surface area contributed by atoms with Crippen molar-refractivity contribution in [1.82, 2.24) is 9.13 Å². The van der Waals surface area contributed by atoms with Crippen molar-refractivity contribution in [2.75, 3.05) is 0 Å². The van der Waals surface area contributed by atoms with Crippen LogP contribution < -0.4 is 0 Å². The zero-order chi connectivity index (χ0) is 37.0. The van der Waals surface area contributed by atoms with Gasteiger partial charge in [-0.1, -0.05) is 152 Å². The van der Waals surface area contributed by atoms with Crippen molar-refractivity contribution < 1.29 is 0 Å². The summed E-state index contributed by atoms with van der Waals surface area (Å²) in [6.07, 6.45) is 6.75. The van der Waals surface area contributed by atoms with Gasteiger partial charge < -0.3 is 9.13 Å². The number of para-hydroxylation sites is 2. The summed E-state index contributed by atoms with van der Waals surface area (Å²) in [5, 5.41) is 3.85. The van der Waals surface area contributed by atoms with Crippen LogP contribution >= 0.6 is 0 Å². The average Bonchev–Trinajstić information content (AvgIpc) is 3.80. The van der Waals surface area contributed by atoms with Gasteiger partial charge in [0.05, 0.1) is 16.6 Å². The second kappa shape index (κ2) is 13.3. The maximum Gasteiger partial charge on any atom is 0.0788 e. The summed E-state index contributed by atoms with van der Waals surface area (Å²) in [7, 11) is 0. The third-order valence-corrected chi connectivity index (χ3v) is 11.5. The van der Waals surface area contributed by atoms with E-state index in [1.54, 1.807) is 0 Å². The summed E-state index contributed by atoms with van der Waals surface area (Å²) in [5.74, 6) is 0. The Bertz CT molecular complexity index is 3010. The van der Waals surface area contributed by atoms with Crippen molar-refractivity contribution in [2.45, 2.75) is 12.8 Å². The molecule has 56 heavy (non-hydrogen) atoms. The highest BCUT2D eigenvalue weighted by molar-refractivity contribution is 6.19. The highest BCUT2D eigenvalue weighted by atomic mass is 15.0. The average molecular weight is 715 g/mol. The molecule has 0 N–H and O–H groups in total. The molecule has 0 unspecified atom stereocenters. The van der Waals surface area contributed by atoms with Crippen LogP contribution in [0.15, 0.2) is 200 Å². The predicted octanol–water partition coefficient (Wildman–Crippen LogP) is 14.4. The minimum atomic E-state index is 1.01. The summed E-state index contributed by atoms with van der Waals surface area (Å²) in [6.45, 7) is 0. The molecule has 2 heterocycles. The molecule has 0 aliphatic heterocycles. The fourth-order valence-corrected chi connectivity index (χ4v) is 8.97. The number of hydrogen-bond acceptors (Lipinski definition) is 0. The van der Waals surface area contributed by atoms with E-state index in [0.717, 1.165) is 24.2 Å². The van der Waals surface area contributed by atoms with E-state index in [0.29, 0.717) is 0 Å². The van der Waals surface area contributed by atoms with Crippen LogP contribution in [0.2, 0.25) is 0 Å². The van der Waals surface area contributed by atoms with Crippen LogP contribution in [-0.2, 0) is 6.42 Å². The smallest absolute Gasteiger partial charge is 0.0788 e. The van der Waals surface area contributed by atoms with Gasteiger partial charge in [-0.05, 0) is 118 Å². The summed E-state index contributed by atoms with van der Waals surface area (Å²) in [4.78, 5) is 0. The number of allylic oxidation sites excluding steroid dienone is 1. The first-order valence-corrected chi connectivity index (χ1v) is 19.6. The SMILES string of the molecule is C1=Cc2c(c3ccc4c5ccccc5n(-c5ccccc5)c4c3n2-c2cc(-c3cccc(-c4ccccc4)c3)cc(-c3cccc(-c4ccccc4)c3)c2)CC1. The standard InChI is InChI=1S/C54H38N2/c1-4-16-37(17-5-1)39-20-14-22-41(32-39)43-34-44(42-23-15-21-40(33-42)38-18-6-2-7-19-38)36-46(35-43)56-52-29-13-11-27-48(52)50-31-30-49-47-26-10-12-28-51(47)55(53(49)54(50)56)45-24-8-3-9-25-45/h1-10,12-26,28-36H,11,27H2. The highest BCUT2D eigenvalue weighted by Gasteiger charge is 2.25. The Morgan fingerprint density at radius 3 is 1.48 bits per heavy atom. The zero-order valence-electron chi connectivity index (χ0n) is 30.9. The van der Waals surface area contributed by atoms with E-state index in [4.69, 9.17) is 0 Å². The normalized spacial score (nSPS) is 12.4. The topological polar surface area (TPSA) is 9.86 Å². The molecule has 8 aromatic carbocycles. The van der Waals surface area contributed by atoms with Gasteiger partial charge in [0, 0.05) is 33.2 Å². The van der Waals surface area contributed by atoms with E-state index in [-0.39, 0.29) is 0 Å². The molecule has 0 saturated carbocycles. The van der Waals surface area contributed by atoms with Crippen LogP contribution in [0.25, 0.3) is 94.7 Å². The van der Waals surface area contributed by atoms with Crippen molar-refractivity contribution >= 4 is 38.8 Å². The summed E-state index contributed by atoms with van der Waals surface area (Å²) in [6, 6.07) is 71.0. The van der Waals surface area contributed by atoms with Gasteiger partial charge in [0.15, 0.2) is 0 Å². The number of hydrogen-bond donors (Lipinski definition) is 0. The minimum absolute atomic E-state index is 1.01. The molecular formula is C54H38N2. The Morgan fingerprint density at radius 1 is 0.339 bits per heavy atom. The number of fused-ring (bicyclic) bond motifs is 7. The molecular weight excluding hydrogens is 677 g/mol. The Kier molecular flexibility index (Phi) is 7.67. The molecule has 0 radical (unpaired) electrons. The second-order valence-corrected chi connectivity index (χ2v) is 14.8. The maximum absolute atomic E-state index is 2.57. The molecule has 0 fully saturated rings. The van der Waals surface area contributed by atoms with Gasteiger partial charge in [0.2, 0.25) is 0 Å². The summed E-state index contributed by atoms with van der Waals surface area (Å²) in [5.41, 5.74) is 18.3. The third kappa shape index (κ3) is 5.33. The molecule has 2 aromatic heterocycles. The first kappa shape index (κ1) is 32.3. The molecule has 0 amide bonds. The maximum atomic E-state index is 2.57. The fourth-order valence-electron chi connectivity index (χ4n) is 8.97. The molecule has 0 saturated heterocycles. The Balaban J connectivity index is 1.23. The van der Waals surface area contributed by atoms with Crippen LogP contribution in [0, 0.1) is 0 Å². The molecule has 2 nitrogen and oxygen atoms in total. The Hall–Kier alpha value is -7.16. The molecule has 2 heteroatoms. The van der Waals surface area contributed by atoms with E-state index in [2.05, 4.69) is 215 Å². The molecule has 0 spiro atoms. The number of nitrogens with zero attached hydrogens (tertiary/aromatic N) is 2. The van der Waals surface area contributed by atoms with Crippen molar-refractivity contribution in [2.24, 2.45) is 0 Å². The lowest BCUT2D eigenvalue weighted by atomic mass is 9.94. The van der Waals surface area contributed by atoms with Crippen molar-refractivity contribution in [3.05, 3.63) is 211 Å². The van der Waals surface area contributed by atoms with Crippen LogP contribution in [0.3, 0.4) is 0 Å². The number of benzene rings is 8. The van der Waals surface area contributed by atoms with Gasteiger partial charge >= 0.3 is 0 Å². The third-order valence-electron chi connectivity index (χ3n) is 11.5. The fraction of sp³-hybridized carbons (Fsp3) is 0.0370. The predicted molar refractivity (Wildman–Crippen MR) is 237 cm³/mol. The molecule has 1 aliphatic rings. The quantitative estimate of drug-likeness (QED) is 0.162. The van der Waals surface area contributed by atoms with Gasteiger partial charge in [-0.25, -0.2) is 0 Å². The first-order chi connectivity index (χ1) is 27.8. The van der Waals surface area contributed by atoms with E-state index < -0.39 is 0 Å². The van der Waals surface area contributed by atoms with Gasteiger partial charge in [0.1, 0.15) is 0 Å². The Morgan fingerprint density at radius 2 is 0.839 bits per heavy atom. The van der Waals surface area contributed by atoms with Gasteiger partial charge in [0.25, 0.3) is 0 Å². The van der Waals surface area contributed by atoms with Gasteiger partial charge in [-0.2, -0.15) is 0 Å². The van der Waals surface area contributed by atoms with Crippen molar-refractivity contribution in [3.8, 4) is 55.9 Å². The van der Waals surface area contributed by atoms with Crippen LogP contribution in [0.1, 0.15) is 17.7 Å². The highest BCUT2D eigenvalue weighted by Crippen LogP contribution is 2.44. The van der Waals surface area contributed by atoms with Crippen molar-refractivity contribution in [1.29, 1.82) is 0 Å². The van der Waals surface area contributed by atoms with Crippen LogP contribution in [-0.4, -0.2) is 9.13 Å². The molecule has 11 rings (SSSR count). The van der Waals surface area contributed by atoms with E-state index in [1.165, 1.54) is 88.5 Å². The number of aryl methyl sites for hydroxylation is 1. The summed E-state index contributed by atoms with van der Waals surface area (Å²) >= 11 is 0. The van der Waals surface area contributed by atoms with Gasteiger partial charge in [-0.3, -0.25) is 0 Å². The zero-order valence-corrected chi connectivity index (χ0v) is 30.9. The first-order valence-electron chi connectivity index (χ1n) is 19.6. The number of aromatic nitrogens is 2. The minimum Gasteiger partial charge on any atom is -0.307 e. The van der Waals surface area contributed by atoms with Crippen LogP contribution in [0.4, 0.5) is 0 Å². The molecule has 264 valence electrons. The lowest BCUT2D eigenvalue weighted by Gasteiger charge is -2.17. The number of rotatable bonds is 6. The molecule has 0 atom stereocenters. The second-order valence-electron chi connectivity index (χ2n) is 14.8. The molecule has 10 aromatic rings. The molecule has 0 bridgehead atoms. The molecule has 1 aliphatic carbocycles. The van der Waals surface area contributed by atoms with Gasteiger partial charge in [-0.15, -0.1) is 0 Å². The van der Waals surface area contributed by atoms with E-state index >= 15 is 0 Å². The van der Waals surface area contributed by atoms with E-state index in [9.17, 15) is 0 Å².